The first-order chi connectivity index (χ1) is 8.29. The molecule has 0 aliphatic heterocycles. The molecular weight excluding hydrogens is 224 g/mol. The van der Waals surface area contributed by atoms with Crippen molar-refractivity contribution < 1.29 is 4.79 Å². The number of rotatable bonds is 4. The standard InChI is InChI=1S/C15H30N2O/c1-11(15(2,3)4)17-14(18)9-8-12-6-5-7-13(16)10-12/h11-13H,5-10,16H2,1-4H3,(H,17,18). The zero-order chi connectivity index (χ0) is 13.8. The fourth-order valence-corrected chi connectivity index (χ4v) is 2.46. The van der Waals surface area contributed by atoms with Gasteiger partial charge in [-0.1, -0.05) is 33.6 Å². The van der Waals surface area contributed by atoms with E-state index < -0.39 is 0 Å². The van der Waals surface area contributed by atoms with Gasteiger partial charge in [0.25, 0.3) is 0 Å². The summed E-state index contributed by atoms with van der Waals surface area (Å²) >= 11 is 0. The van der Waals surface area contributed by atoms with Gasteiger partial charge in [0.1, 0.15) is 0 Å². The number of nitrogens with two attached hydrogens (primary N) is 1. The maximum atomic E-state index is 11.9. The van der Waals surface area contributed by atoms with Crippen molar-refractivity contribution in [2.45, 2.75) is 78.3 Å². The van der Waals surface area contributed by atoms with Crippen LogP contribution in [0.5, 0.6) is 0 Å². The minimum Gasteiger partial charge on any atom is -0.353 e. The molecule has 1 rings (SSSR count). The van der Waals surface area contributed by atoms with Gasteiger partial charge in [-0.2, -0.15) is 0 Å². The van der Waals surface area contributed by atoms with Crippen LogP contribution >= 0.6 is 0 Å². The van der Waals surface area contributed by atoms with Crippen LogP contribution in [-0.2, 0) is 4.79 Å². The first-order valence-electron chi connectivity index (χ1n) is 7.34. The van der Waals surface area contributed by atoms with Crippen molar-refractivity contribution in [2.24, 2.45) is 17.1 Å². The lowest BCUT2D eigenvalue weighted by molar-refractivity contribution is -0.122. The van der Waals surface area contributed by atoms with Gasteiger partial charge in [0.2, 0.25) is 5.91 Å². The second kappa shape index (κ2) is 6.55. The summed E-state index contributed by atoms with van der Waals surface area (Å²) in [7, 11) is 0. The summed E-state index contributed by atoms with van der Waals surface area (Å²) < 4.78 is 0. The van der Waals surface area contributed by atoms with E-state index in [1.54, 1.807) is 0 Å². The van der Waals surface area contributed by atoms with E-state index in [2.05, 4.69) is 33.0 Å². The summed E-state index contributed by atoms with van der Waals surface area (Å²) in [6.45, 7) is 8.53. The molecule has 1 amide bonds. The third-order valence-corrected chi connectivity index (χ3v) is 4.28. The lowest BCUT2D eigenvalue weighted by Crippen LogP contribution is -2.41. The molecular formula is C15H30N2O. The zero-order valence-corrected chi connectivity index (χ0v) is 12.5. The molecule has 106 valence electrons. The highest BCUT2D eigenvalue weighted by Gasteiger charge is 2.23. The molecule has 0 aromatic rings. The van der Waals surface area contributed by atoms with Crippen molar-refractivity contribution in [3.8, 4) is 0 Å². The largest absolute Gasteiger partial charge is 0.353 e. The van der Waals surface area contributed by atoms with Crippen molar-refractivity contribution in [3.63, 3.8) is 0 Å². The molecule has 3 atom stereocenters. The Labute approximate surface area is 112 Å². The van der Waals surface area contributed by atoms with Crippen LogP contribution in [0.15, 0.2) is 0 Å². The zero-order valence-electron chi connectivity index (χ0n) is 12.5. The third kappa shape index (κ3) is 5.38. The Morgan fingerprint density at radius 1 is 1.39 bits per heavy atom. The lowest BCUT2D eigenvalue weighted by Gasteiger charge is -2.29. The summed E-state index contributed by atoms with van der Waals surface area (Å²) in [5.41, 5.74) is 6.10. The Hall–Kier alpha value is -0.570. The quantitative estimate of drug-likeness (QED) is 0.810. The fourth-order valence-electron chi connectivity index (χ4n) is 2.46. The number of amides is 1. The highest BCUT2D eigenvalue weighted by atomic mass is 16.1. The van der Waals surface area contributed by atoms with Crippen LogP contribution in [0.4, 0.5) is 0 Å². The van der Waals surface area contributed by atoms with Gasteiger partial charge in [-0.15, -0.1) is 0 Å². The average molecular weight is 254 g/mol. The Bertz CT molecular complexity index is 270. The van der Waals surface area contributed by atoms with Crippen LogP contribution in [0, 0.1) is 11.3 Å². The lowest BCUT2D eigenvalue weighted by atomic mass is 9.83. The van der Waals surface area contributed by atoms with Gasteiger partial charge in [0.05, 0.1) is 0 Å². The van der Waals surface area contributed by atoms with Gasteiger partial charge in [0, 0.05) is 18.5 Å². The molecule has 3 nitrogen and oxygen atoms in total. The summed E-state index contributed by atoms with van der Waals surface area (Å²) in [6, 6.07) is 0.582. The van der Waals surface area contributed by atoms with Crippen LogP contribution in [0.2, 0.25) is 0 Å². The predicted molar refractivity (Wildman–Crippen MR) is 76.2 cm³/mol. The molecule has 0 aromatic carbocycles. The summed E-state index contributed by atoms with van der Waals surface area (Å²) in [5.74, 6) is 0.848. The summed E-state index contributed by atoms with van der Waals surface area (Å²) in [6.07, 6.45) is 6.38. The minimum atomic E-state index is 0.128. The van der Waals surface area contributed by atoms with Crippen molar-refractivity contribution in [1.82, 2.24) is 5.32 Å². The second-order valence-electron chi connectivity index (χ2n) is 6.99. The van der Waals surface area contributed by atoms with Gasteiger partial charge in [-0.3, -0.25) is 4.79 Å². The average Bonchev–Trinajstić information content (AvgIpc) is 2.25. The minimum absolute atomic E-state index is 0.128. The summed E-state index contributed by atoms with van der Waals surface area (Å²) in [4.78, 5) is 11.9. The Morgan fingerprint density at radius 2 is 2.06 bits per heavy atom. The van der Waals surface area contributed by atoms with Gasteiger partial charge in [0.15, 0.2) is 0 Å². The number of carbonyl (C=O) groups is 1. The molecule has 0 saturated heterocycles. The molecule has 1 aliphatic rings. The Morgan fingerprint density at radius 3 is 2.61 bits per heavy atom. The molecule has 1 saturated carbocycles. The molecule has 18 heavy (non-hydrogen) atoms. The molecule has 3 unspecified atom stereocenters. The van der Waals surface area contributed by atoms with Gasteiger partial charge >= 0.3 is 0 Å². The molecule has 0 spiro atoms. The van der Waals surface area contributed by atoms with E-state index in [1.165, 1.54) is 12.8 Å². The van der Waals surface area contributed by atoms with Crippen LogP contribution < -0.4 is 11.1 Å². The SMILES string of the molecule is CC(NC(=O)CCC1CCCC(N)C1)C(C)(C)C. The van der Waals surface area contributed by atoms with E-state index >= 15 is 0 Å². The van der Waals surface area contributed by atoms with Crippen LogP contribution in [-0.4, -0.2) is 18.0 Å². The van der Waals surface area contributed by atoms with E-state index in [0.29, 0.717) is 18.4 Å². The van der Waals surface area contributed by atoms with Crippen LogP contribution in [0.3, 0.4) is 0 Å². The molecule has 0 radical (unpaired) electrons. The summed E-state index contributed by atoms with van der Waals surface area (Å²) in [5, 5.41) is 3.10. The highest BCUT2D eigenvalue weighted by molar-refractivity contribution is 5.76. The van der Waals surface area contributed by atoms with E-state index in [0.717, 1.165) is 19.3 Å². The molecule has 1 aliphatic carbocycles. The molecule has 3 N–H and O–H groups in total. The van der Waals surface area contributed by atoms with Crippen molar-refractivity contribution in [3.05, 3.63) is 0 Å². The van der Waals surface area contributed by atoms with E-state index in [1.807, 2.05) is 0 Å². The molecule has 0 aromatic heterocycles. The van der Waals surface area contributed by atoms with Crippen LogP contribution in [0.25, 0.3) is 0 Å². The first kappa shape index (κ1) is 15.5. The number of hydrogen-bond donors (Lipinski definition) is 2. The van der Waals surface area contributed by atoms with E-state index in [-0.39, 0.29) is 17.4 Å². The fraction of sp³-hybridized carbons (Fsp3) is 0.933. The molecule has 3 heteroatoms. The third-order valence-electron chi connectivity index (χ3n) is 4.28. The predicted octanol–water partition coefficient (Wildman–Crippen LogP) is 2.83. The molecule has 1 fully saturated rings. The van der Waals surface area contributed by atoms with Gasteiger partial charge in [-0.05, 0) is 37.5 Å². The Kier molecular flexibility index (Phi) is 5.64. The molecule has 0 bridgehead atoms. The van der Waals surface area contributed by atoms with Gasteiger partial charge in [-0.25, -0.2) is 0 Å². The van der Waals surface area contributed by atoms with E-state index in [9.17, 15) is 4.79 Å². The monoisotopic (exact) mass is 254 g/mol. The maximum Gasteiger partial charge on any atom is 0.220 e. The topological polar surface area (TPSA) is 55.1 Å². The van der Waals surface area contributed by atoms with Crippen molar-refractivity contribution >= 4 is 5.91 Å². The number of carbonyl (C=O) groups excluding carboxylic acids is 1. The number of nitrogens with one attached hydrogen (secondary N) is 1. The maximum absolute atomic E-state index is 11.9. The number of hydrogen-bond acceptors (Lipinski definition) is 2. The van der Waals surface area contributed by atoms with Crippen molar-refractivity contribution in [1.29, 1.82) is 0 Å². The Balaban J connectivity index is 2.24. The normalized spacial score (nSPS) is 26.7. The molecule has 0 heterocycles. The second-order valence-corrected chi connectivity index (χ2v) is 6.99. The highest BCUT2D eigenvalue weighted by Crippen LogP contribution is 2.27. The first-order valence-corrected chi connectivity index (χ1v) is 7.34. The van der Waals surface area contributed by atoms with Gasteiger partial charge < -0.3 is 11.1 Å². The van der Waals surface area contributed by atoms with Crippen LogP contribution in [0.1, 0.15) is 66.2 Å². The smallest absolute Gasteiger partial charge is 0.220 e. The van der Waals surface area contributed by atoms with E-state index in [4.69, 9.17) is 5.73 Å². The van der Waals surface area contributed by atoms with Crippen molar-refractivity contribution in [2.75, 3.05) is 0 Å².